The summed E-state index contributed by atoms with van der Waals surface area (Å²) in [6.45, 7) is 0.652. The van der Waals surface area contributed by atoms with Crippen LogP contribution in [0.2, 0.25) is 10.0 Å². The monoisotopic (exact) mass is 570 g/mol. The molecular weight excluding hydrogens is 554 g/mol. The molecule has 5 aromatic rings. The highest BCUT2D eigenvalue weighted by molar-refractivity contribution is 14.1. The number of halogens is 3. The predicted octanol–water partition coefficient (Wildman–Crippen LogP) is 7.52. The summed E-state index contributed by atoms with van der Waals surface area (Å²) in [4.78, 5) is 12.2. The second-order valence-corrected chi connectivity index (χ2v) is 9.67. The van der Waals surface area contributed by atoms with Gasteiger partial charge in [-0.1, -0.05) is 59.6 Å². The van der Waals surface area contributed by atoms with Crippen LogP contribution < -0.4 is 5.73 Å². The molecule has 1 heterocycles. The Bertz CT molecular complexity index is 1500. The second-order valence-electron chi connectivity index (χ2n) is 7.61. The molecule has 5 rings (SSSR count). The van der Waals surface area contributed by atoms with Crippen LogP contribution in [0.15, 0.2) is 78.9 Å². The third-order valence-electron chi connectivity index (χ3n) is 5.64. The van der Waals surface area contributed by atoms with Crippen molar-refractivity contribution in [3.63, 3.8) is 0 Å². The zero-order valence-corrected chi connectivity index (χ0v) is 20.4. The lowest BCUT2D eigenvalue weighted by Crippen LogP contribution is -2.11. The van der Waals surface area contributed by atoms with Gasteiger partial charge in [-0.05, 0) is 76.2 Å². The van der Waals surface area contributed by atoms with E-state index >= 15 is 0 Å². The molecule has 0 aliphatic carbocycles. The quantitative estimate of drug-likeness (QED) is 0.223. The minimum absolute atomic E-state index is 0.442. The van der Waals surface area contributed by atoms with Crippen LogP contribution in [-0.4, -0.2) is 10.5 Å². The Morgan fingerprint density at radius 1 is 0.875 bits per heavy atom. The molecule has 2 N–H and O–H groups in total. The summed E-state index contributed by atoms with van der Waals surface area (Å²) in [5.41, 5.74) is 11.1. The van der Waals surface area contributed by atoms with Gasteiger partial charge in [0.1, 0.15) is 0 Å². The van der Waals surface area contributed by atoms with Crippen molar-refractivity contribution in [3.8, 4) is 11.1 Å². The van der Waals surface area contributed by atoms with Gasteiger partial charge in [-0.3, -0.25) is 4.79 Å². The summed E-state index contributed by atoms with van der Waals surface area (Å²) in [5, 5.41) is 3.01. The Morgan fingerprint density at radius 2 is 1.59 bits per heavy atom. The average Bonchev–Trinajstić information content (AvgIpc) is 3.07. The molecule has 32 heavy (non-hydrogen) atoms. The first-order valence-electron chi connectivity index (χ1n) is 9.97. The number of primary amides is 1. The van der Waals surface area contributed by atoms with Crippen LogP contribution in [0, 0.1) is 3.57 Å². The molecule has 0 unspecified atom stereocenters. The zero-order chi connectivity index (χ0) is 22.4. The fourth-order valence-electron chi connectivity index (χ4n) is 4.27. The lowest BCUT2D eigenvalue weighted by atomic mass is 10.0. The fourth-order valence-corrected chi connectivity index (χ4v) is 5.49. The standard InChI is InChI=1S/C26H17Cl2IN2O/c27-20-7-3-8-21(28)24(20)16-10-11-18-23(13-16)31(14-15-4-1-5-17(29)12-15)22-9-2-6-19(25(18)22)26(30)32/h1-13H,14H2,(H2,30,32). The van der Waals surface area contributed by atoms with Crippen LogP contribution in [0.3, 0.4) is 0 Å². The Balaban J connectivity index is 1.84. The zero-order valence-electron chi connectivity index (χ0n) is 16.8. The lowest BCUT2D eigenvalue weighted by molar-refractivity contribution is 0.100. The molecular formula is C26H17Cl2IN2O. The molecule has 1 aromatic heterocycles. The summed E-state index contributed by atoms with van der Waals surface area (Å²) in [5.74, 6) is -0.442. The number of carbonyl (C=O) groups is 1. The van der Waals surface area contributed by atoms with E-state index in [9.17, 15) is 4.79 Å². The van der Waals surface area contributed by atoms with Gasteiger partial charge in [-0.25, -0.2) is 0 Å². The van der Waals surface area contributed by atoms with Gasteiger partial charge in [0, 0.05) is 42.1 Å². The van der Waals surface area contributed by atoms with Gasteiger partial charge in [0.05, 0.1) is 11.0 Å². The third kappa shape index (κ3) is 3.66. The van der Waals surface area contributed by atoms with Crippen molar-refractivity contribution in [1.29, 1.82) is 0 Å². The molecule has 0 saturated carbocycles. The molecule has 4 aromatic carbocycles. The summed E-state index contributed by atoms with van der Waals surface area (Å²) < 4.78 is 3.39. The number of hydrogen-bond acceptors (Lipinski definition) is 1. The fraction of sp³-hybridized carbons (Fsp3) is 0.0385. The van der Waals surface area contributed by atoms with Crippen LogP contribution in [0.25, 0.3) is 32.9 Å². The van der Waals surface area contributed by atoms with E-state index in [4.69, 9.17) is 28.9 Å². The minimum atomic E-state index is -0.442. The lowest BCUT2D eigenvalue weighted by Gasteiger charge is -2.11. The number of fused-ring (bicyclic) bond motifs is 3. The molecule has 0 bridgehead atoms. The molecule has 0 saturated heterocycles. The van der Waals surface area contributed by atoms with Gasteiger partial charge in [-0.15, -0.1) is 0 Å². The summed E-state index contributed by atoms with van der Waals surface area (Å²) in [6, 6.07) is 25.6. The maximum Gasteiger partial charge on any atom is 0.249 e. The van der Waals surface area contributed by atoms with Crippen molar-refractivity contribution in [2.45, 2.75) is 6.54 Å². The first-order chi connectivity index (χ1) is 15.4. The molecule has 158 valence electrons. The highest BCUT2D eigenvalue weighted by atomic mass is 127. The number of rotatable bonds is 4. The number of nitrogens with two attached hydrogens (primary N) is 1. The smallest absolute Gasteiger partial charge is 0.249 e. The van der Waals surface area contributed by atoms with Gasteiger partial charge >= 0.3 is 0 Å². The predicted molar refractivity (Wildman–Crippen MR) is 142 cm³/mol. The van der Waals surface area contributed by atoms with Gasteiger partial charge in [0.2, 0.25) is 5.91 Å². The number of benzene rings is 4. The van der Waals surface area contributed by atoms with E-state index < -0.39 is 5.91 Å². The van der Waals surface area contributed by atoms with Crippen LogP contribution >= 0.6 is 45.8 Å². The van der Waals surface area contributed by atoms with Crippen LogP contribution in [0.5, 0.6) is 0 Å². The summed E-state index contributed by atoms with van der Waals surface area (Å²) in [6.07, 6.45) is 0. The Labute approximate surface area is 208 Å². The topological polar surface area (TPSA) is 48.0 Å². The van der Waals surface area contributed by atoms with Crippen molar-refractivity contribution >= 4 is 73.5 Å². The van der Waals surface area contributed by atoms with Gasteiger partial charge in [-0.2, -0.15) is 0 Å². The molecule has 0 aliphatic rings. The third-order valence-corrected chi connectivity index (χ3v) is 6.94. The highest BCUT2D eigenvalue weighted by Gasteiger charge is 2.18. The van der Waals surface area contributed by atoms with Crippen molar-refractivity contribution in [1.82, 2.24) is 4.57 Å². The van der Waals surface area contributed by atoms with E-state index in [1.807, 2.05) is 42.5 Å². The normalized spacial score (nSPS) is 11.3. The molecule has 0 radical (unpaired) electrons. The number of nitrogens with zero attached hydrogens (tertiary/aromatic N) is 1. The first kappa shape index (κ1) is 21.3. The molecule has 0 spiro atoms. The maximum absolute atomic E-state index is 12.2. The maximum atomic E-state index is 12.2. The molecule has 0 fully saturated rings. The number of carbonyl (C=O) groups excluding carboxylic acids is 1. The summed E-state index contributed by atoms with van der Waals surface area (Å²) in [7, 11) is 0. The molecule has 3 nitrogen and oxygen atoms in total. The molecule has 0 aliphatic heterocycles. The van der Waals surface area contributed by atoms with Gasteiger partial charge in [0.25, 0.3) is 0 Å². The van der Waals surface area contributed by atoms with Crippen molar-refractivity contribution in [2.24, 2.45) is 5.73 Å². The average molecular weight is 571 g/mol. The van der Waals surface area contributed by atoms with E-state index in [1.54, 1.807) is 6.07 Å². The van der Waals surface area contributed by atoms with Crippen LogP contribution in [0.4, 0.5) is 0 Å². The Kier molecular flexibility index (Phi) is 5.61. The van der Waals surface area contributed by atoms with Gasteiger partial charge < -0.3 is 10.3 Å². The first-order valence-corrected chi connectivity index (χ1v) is 11.8. The number of hydrogen-bond donors (Lipinski definition) is 1. The van der Waals surface area contributed by atoms with Crippen LogP contribution in [-0.2, 0) is 6.54 Å². The van der Waals surface area contributed by atoms with E-state index in [0.29, 0.717) is 22.2 Å². The molecule has 0 atom stereocenters. The highest BCUT2D eigenvalue weighted by Crippen LogP contribution is 2.39. The molecule has 6 heteroatoms. The SMILES string of the molecule is NC(=O)c1cccc2c1c1ccc(-c3c(Cl)cccc3Cl)cc1n2Cc1cccc(I)c1. The van der Waals surface area contributed by atoms with Crippen LogP contribution in [0.1, 0.15) is 15.9 Å². The van der Waals surface area contributed by atoms with E-state index in [-0.39, 0.29) is 0 Å². The Hall–Kier alpha value is -2.54. The second kappa shape index (κ2) is 8.43. The number of amides is 1. The van der Waals surface area contributed by atoms with E-state index in [1.165, 1.54) is 9.13 Å². The van der Waals surface area contributed by atoms with Crippen molar-refractivity contribution in [2.75, 3.05) is 0 Å². The largest absolute Gasteiger partial charge is 0.366 e. The minimum Gasteiger partial charge on any atom is -0.366 e. The summed E-state index contributed by atoms with van der Waals surface area (Å²) >= 11 is 15.3. The molecule has 1 amide bonds. The Morgan fingerprint density at radius 3 is 2.31 bits per heavy atom. The van der Waals surface area contributed by atoms with Crippen molar-refractivity contribution < 1.29 is 4.79 Å². The van der Waals surface area contributed by atoms with E-state index in [0.717, 1.165) is 32.9 Å². The number of aromatic nitrogens is 1. The van der Waals surface area contributed by atoms with Crippen molar-refractivity contribution in [3.05, 3.63) is 104 Å². The van der Waals surface area contributed by atoms with E-state index in [2.05, 4.69) is 57.5 Å². The van der Waals surface area contributed by atoms with Gasteiger partial charge in [0.15, 0.2) is 0 Å².